The van der Waals surface area contributed by atoms with Gasteiger partial charge < -0.3 is 9.64 Å². The molecule has 1 heterocycles. The molecular weight excluding hydrogens is 300 g/mol. The van der Waals surface area contributed by atoms with Gasteiger partial charge in [0.1, 0.15) is 5.37 Å². The third-order valence-electron chi connectivity index (χ3n) is 3.05. The van der Waals surface area contributed by atoms with Crippen molar-refractivity contribution < 1.29 is 13.2 Å². The summed E-state index contributed by atoms with van der Waals surface area (Å²) in [5.41, 5.74) is 2.53. The number of nitrogens with two attached hydrogens (primary N) is 1. The van der Waals surface area contributed by atoms with Crippen molar-refractivity contribution >= 4 is 27.6 Å². The van der Waals surface area contributed by atoms with Crippen molar-refractivity contribution in [3.8, 4) is 0 Å². The van der Waals surface area contributed by atoms with Gasteiger partial charge in [-0.25, -0.2) is 19.3 Å². The normalized spacial score (nSPS) is 22.7. The van der Waals surface area contributed by atoms with Gasteiger partial charge in [-0.05, 0) is 6.92 Å². The maximum Gasteiger partial charge on any atom is 0.209 e. The molecule has 20 heavy (non-hydrogen) atoms. The van der Waals surface area contributed by atoms with Crippen LogP contribution in [0.1, 0.15) is 13.8 Å². The summed E-state index contributed by atoms with van der Waals surface area (Å²) in [6, 6.07) is -0.0920. The Balaban J connectivity index is 2.98. The lowest BCUT2D eigenvalue weighted by atomic mass is 10.4. The van der Waals surface area contributed by atoms with Crippen molar-refractivity contribution in [1.82, 2.24) is 10.3 Å². The van der Waals surface area contributed by atoms with Crippen LogP contribution in [-0.4, -0.2) is 68.2 Å². The molecule has 0 radical (unpaired) electrons. The molecule has 0 aromatic carbocycles. The lowest BCUT2D eigenvalue weighted by molar-refractivity contribution is 0.185. The fourth-order valence-corrected chi connectivity index (χ4v) is 4.96. The first-order valence-electron chi connectivity index (χ1n) is 6.55. The summed E-state index contributed by atoms with van der Waals surface area (Å²) in [5.74, 6) is 7.45. The number of sulfone groups is 1. The topological polar surface area (TPSA) is 97.0 Å². The van der Waals surface area contributed by atoms with Crippen LogP contribution in [0.25, 0.3) is 0 Å². The number of nitrogens with one attached hydrogen (secondary N) is 1. The maximum atomic E-state index is 12.2. The van der Waals surface area contributed by atoms with Crippen LogP contribution in [0, 0.1) is 0 Å². The molecule has 7 nitrogen and oxygen atoms in total. The molecule has 0 aromatic rings. The van der Waals surface area contributed by atoms with Gasteiger partial charge in [0.15, 0.2) is 9.84 Å². The van der Waals surface area contributed by atoms with Crippen LogP contribution >= 0.6 is 11.8 Å². The summed E-state index contributed by atoms with van der Waals surface area (Å²) >= 11 is 1.64. The molecular formula is C11H24N4O3S2. The molecule has 0 amide bonds. The van der Waals surface area contributed by atoms with Crippen molar-refractivity contribution in [3.63, 3.8) is 0 Å². The van der Waals surface area contributed by atoms with E-state index >= 15 is 0 Å². The molecule has 1 saturated heterocycles. The maximum absolute atomic E-state index is 12.2. The Morgan fingerprint density at radius 1 is 1.65 bits per heavy atom. The van der Waals surface area contributed by atoms with Crippen molar-refractivity contribution in [2.45, 2.75) is 25.3 Å². The van der Waals surface area contributed by atoms with Gasteiger partial charge >= 0.3 is 0 Å². The number of aliphatic imine (C=N–C) groups is 1. The van der Waals surface area contributed by atoms with E-state index in [1.54, 1.807) is 30.7 Å². The molecule has 0 bridgehead atoms. The second kappa shape index (κ2) is 8.06. The molecule has 0 saturated carbocycles. The van der Waals surface area contributed by atoms with E-state index in [0.29, 0.717) is 24.9 Å². The minimum Gasteiger partial charge on any atom is -0.382 e. The van der Waals surface area contributed by atoms with Crippen molar-refractivity contribution in [2.75, 3.05) is 37.5 Å². The Labute approximate surface area is 125 Å². The van der Waals surface area contributed by atoms with Gasteiger partial charge in [-0.1, -0.05) is 6.92 Å². The average molecular weight is 324 g/mol. The first kappa shape index (κ1) is 17.5. The van der Waals surface area contributed by atoms with Gasteiger partial charge in [0.25, 0.3) is 0 Å². The van der Waals surface area contributed by atoms with Crippen molar-refractivity contribution in [1.29, 1.82) is 0 Å². The second-order valence-electron chi connectivity index (χ2n) is 4.58. The number of rotatable bonds is 5. The number of hydrogen-bond donors (Lipinski definition) is 2. The predicted molar refractivity (Wildman–Crippen MR) is 83.4 cm³/mol. The van der Waals surface area contributed by atoms with Gasteiger partial charge in [-0.15, -0.1) is 0 Å². The van der Waals surface area contributed by atoms with Crippen LogP contribution in [0.3, 0.4) is 0 Å². The van der Waals surface area contributed by atoms with Crippen LogP contribution in [0.5, 0.6) is 0 Å². The number of guanidine groups is 1. The number of methoxy groups -OCH3 is 1. The zero-order valence-corrected chi connectivity index (χ0v) is 13.8. The molecule has 118 valence electrons. The average Bonchev–Trinajstić information content (AvgIpc) is 2.45. The second-order valence-corrected chi connectivity index (χ2v) is 8.17. The highest BCUT2D eigenvalue weighted by Crippen LogP contribution is 2.21. The molecule has 1 rings (SSSR count). The van der Waals surface area contributed by atoms with Crippen LogP contribution in [0.2, 0.25) is 0 Å². The molecule has 2 atom stereocenters. The zero-order valence-electron chi connectivity index (χ0n) is 12.2. The minimum atomic E-state index is -3.18. The van der Waals surface area contributed by atoms with E-state index in [2.05, 4.69) is 10.4 Å². The van der Waals surface area contributed by atoms with Crippen LogP contribution < -0.4 is 11.3 Å². The molecule has 3 N–H and O–H groups in total. The highest BCUT2D eigenvalue weighted by atomic mass is 32.2. The number of hydrazine groups is 1. The predicted octanol–water partition coefficient (Wildman–Crippen LogP) is -0.350. The SMILES string of the molecule is CCS(=O)(=O)C1CSCCN1C(=NC(C)COC)NN. The smallest absolute Gasteiger partial charge is 0.209 e. The van der Waals surface area contributed by atoms with E-state index in [1.165, 1.54) is 0 Å². The lowest BCUT2D eigenvalue weighted by Crippen LogP contribution is -2.56. The van der Waals surface area contributed by atoms with Crippen LogP contribution in [0.15, 0.2) is 4.99 Å². The number of nitrogens with zero attached hydrogens (tertiary/aromatic N) is 2. The van der Waals surface area contributed by atoms with Gasteiger partial charge in [0, 0.05) is 30.9 Å². The summed E-state index contributed by atoms with van der Waals surface area (Å²) in [6.07, 6.45) is 0. The molecule has 1 fully saturated rings. The first-order valence-corrected chi connectivity index (χ1v) is 9.42. The highest BCUT2D eigenvalue weighted by molar-refractivity contribution is 8.01. The molecule has 0 aliphatic carbocycles. The molecule has 9 heteroatoms. The molecule has 1 aliphatic heterocycles. The summed E-state index contributed by atoms with van der Waals surface area (Å²) in [4.78, 5) is 6.17. The van der Waals surface area contributed by atoms with E-state index in [1.807, 2.05) is 6.92 Å². The van der Waals surface area contributed by atoms with Gasteiger partial charge in [-0.3, -0.25) is 5.43 Å². The van der Waals surface area contributed by atoms with E-state index in [9.17, 15) is 8.42 Å². The fraction of sp³-hybridized carbons (Fsp3) is 0.909. The van der Waals surface area contributed by atoms with Gasteiger partial charge in [0.05, 0.1) is 12.6 Å². The lowest BCUT2D eigenvalue weighted by Gasteiger charge is -2.36. The fourth-order valence-electron chi connectivity index (χ4n) is 1.99. The molecule has 0 aromatic heterocycles. The Bertz CT molecular complexity index is 427. The molecule has 2 unspecified atom stereocenters. The van der Waals surface area contributed by atoms with Gasteiger partial charge in [0.2, 0.25) is 5.96 Å². The van der Waals surface area contributed by atoms with E-state index < -0.39 is 15.2 Å². The van der Waals surface area contributed by atoms with Crippen molar-refractivity contribution in [2.24, 2.45) is 10.8 Å². The summed E-state index contributed by atoms with van der Waals surface area (Å²) in [7, 11) is -1.58. The summed E-state index contributed by atoms with van der Waals surface area (Å²) in [6.45, 7) is 4.62. The first-order chi connectivity index (χ1) is 9.46. The van der Waals surface area contributed by atoms with E-state index in [0.717, 1.165) is 5.75 Å². The Hall–Kier alpha value is -0.510. The van der Waals surface area contributed by atoms with Crippen LogP contribution in [0.4, 0.5) is 0 Å². The number of ether oxygens (including phenoxy) is 1. The molecule has 1 aliphatic rings. The highest BCUT2D eigenvalue weighted by Gasteiger charge is 2.34. The monoisotopic (exact) mass is 324 g/mol. The zero-order chi connectivity index (χ0) is 15.2. The Morgan fingerprint density at radius 3 is 2.90 bits per heavy atom. The minimum absolute atomic E-state index is 0.0920. The largest absolute Gasteiger partial charge is 0.382 e. The third kappa shape index (κ3) is 4.51. The van der Waals surface area contributed by atoms with Crippen molar-refractivity contribution in [3.05, 3.63) is 0 Å². The summed E-state index contributed by atoms with van der Waals surface area (Å²) in [5, 5.41) is -0.573. The number of thioether (sulfide) groups is 1. The Morgan fingerprint density at radius 2 is 2.35 bits per heavy atom. The number of hydrogen-bond acceptors (Lipinski definition) is 6. The molecule has 0 spiro atoms. The Kier molecular flexibility index (Phi) is 7.07. The quantitative estimate of drug-likeness (QED) is 0.309. The van der Waals surface area contributed by atoms with Gasteiger partial charge in [-0.2, -0.15) is 11.8 Å². The van der Waals surface area contributed by atoms with Crippen LogP contribution in [-0.2, 0) is 14.6 Å². The van der Waals surface area contributed by atoms with E-state index in [-0.39, 0.29) is 11.8 Å². The standard InChI is InChI=1S/C11H24N4O3S2/c1-4-20(16,17)10-8-19-6-5-15(10)11(14-12)13-9(2)7-18-3/h9-10H,4-8,12H2,1-3H3,(H,13,14). The third-order valence-corrected chi connectivity index (χ3v) is 6.34. The summed E-state index contributed by atoms with van der Waals surface area (Å²) < 4.78 is 29.4. The van der Waals surface area contributed by atoms with E-state index in [4.69, 9.17) is 10.6 Å².